The Bertz CT molecular complexity index is 570. The molecule has 0 spiro atoms. The normalized spacial score (nSPS) is 10.8. The molecule has 0 saturated heterocycles. The Morgan fingerprint density at radius 3 is 2.30 bits per heavy atom. The van der Waals surface area contributed by atoms with Crippen LogP contribution in [0.5, 0.6) is 0 Å². The Kier molecular flexibility index (Phi) is 4.91. The van der Waals surface area contributed by atoms with Crippen LogP contribution in [0.4, 0.5) is 4.39 Å². The Morgan fingerprint density at radius 2 is 1.65 bits per heavy atom. The highest BCUT2D eigenvalue weighted by Crippen LogP contribution is 2.13. The average Bonchev–Trinajstić information content (AvgIpc) is 2.39. The van der Waals surface area contributed by atoms with E-state index in [0.717, 1.165) is 25.1 Å². The topological polar surface area (TPSA) is 12.0 Å². The zero-order valence-corrected chi connectivity index (χ0v) is 12.5. The predicted octanol–water partition coefficient (Wildman–Crippen LogP) is 4.08. The van der Waals surface area contributed by atoms with Crippen LogP contribution in [0.1, 0.15) is 27.8 Å². The van der Waals surface area contributed by atoms with E-state index in [1.165, 1.54) is 28.3 Å². The molecule has 2 aromatic rings. The Morgan fingerprint density at radius 1 is 0.950 bits per heavy atom. The molecule has 2 rings (SSSR count). The van der Waals surface area contributed by atoms with Crippen molar-refractivity contribution in [2.24, 2.45) is 0 Å². The van der Waals surface area contributed by atoms with E-state index in [-0.39, 0.29) is 5.82 Å². The van der Waals surface area contributed by atoms with Crippen molar-refractivity contribution in [2.45, 2.75) is 33.7 Å². The van der Waals surface area contributed by atoms with E-state index in [9.17, 15) is 4.39 Å². The zero-order valence-electron chi connectivity index (χ0n) is 12.5. The first-order valence-electron chi connectivity index (χ1n) is 7.09. The Labute approximate surface area is 120 Å². The number of halogens is 1. The molecule has 0 fully saturated rings. The summed E-state index contributed by atoms with van der Waals surface area (Å²) in [4.78, 5) is 0. The summed E-state index contributed by atoms with van der Waals surface area (Å²) in [5, 5.41) is 3.48. The first-order valence-corrected chi connectivity index (χ1v) is 7.09. The lowest BCUT2D eigenvalue weighted by Gasteiger charge is -2.11. The van der Waals surface area contributed by atoms with E-state index in [1.807, 2.05) is 13.0 Å². The van der Waals surface area contributed by atoms with Crippen molar-refractivity contribution in [3.8, 4) is 0 Å². The number of hydrogen-bond acceptors (Lipinski definition) is 1. The molecule has 0 atom stereocenters. The highest BCUT2D eigenvalue weighted by Gasteiger charge is 2.03. The van der Waals surface area contributed by atoms with Gasteiger partial charge in [-0.3, -0.25) is 0 Å². The lowest BCUT2D eigenvalue weighted by molar-refractivity contribution is 0.624. The van der Waals surface area contributed by atoms with Gasteiger partial charge in [0.05, 0.1) is 0 Å². The second kappa shape index (κ2) is 6.67. The molecule has 0 aromatic heterocycles. The summed E-state index contributed by atoms with van der Waals surface area (Å²) >= 11 is 0. The molecule has 0 heterocycles. The number of benzene rings is 2. The fourth-order valence-corrected chi connectivity index (χ4v) is 2.50. The SMILES string of the molecule is Cc1cc(F)ccc1CCNCc1c(C)cccc1C. The summed E-state index contributed by atoms with van der Waals surface area (Å²) in [6.07, 6.45) is 0.928. The third kappa shape index (κ3) is 3.67. The van der Waals surface area contributed by atoms with E-state index >= 15 is 0 Å². The van der Waals surface area contributed by atoms with Gasteiger partial charge in [-0.05, 0) is 73.7 Å². The predicted molar refractivity (Wildman–Crippen MR) is 82.5 cm³/mol. The molecule has 0 radical (unpaired) electrons. The second-order valence-electron chi connectivity index (χ2n) is 5.37. The monoisotopic (exact) mass is 271 g/mol. The van der Waals surface area contributed by atoms with Crippen LogP contribution < -0.4 is 5.32 Å². The van der Waals surface area contributed by atoms with Gasteiger partial charge in [-0.2, -0.15) is 0 Å². The quantitative estimate of drug-likeness (QED) is 0.808. The molecule has 0 aliphatic carbocycles. The van der Waals surface area contributed by atoms with Crippen molar-refractivity contribution in [1.82, 2.24) is 5.32 Å². The van der Waals surface area contributed by atoms with Crippen molar-refractivity contribution in [3.05, 3.63) is 70.0 Å². The number of hydrogen-bond donors (Lipinski definition) is 1. The molecule has 0 amide bonds. The van der Waals surface area contributed by atoms with Gasteiger partial charge in [-0.25, -0.2) is 4.39 Å². The molecule has 2 heteroatoms. The first kappa shape index (κ1) is 14.7. The third-order valence-electron chi connectivity index (χ3n) is 3.82. The minimum Gasteiger partial charge on any atom is -0.312 e. The van der Waals surface area contributed by atoms with E-state index in [4.69, 9.17) is 0 Å². The standard InChI is InChI=1S/C18H22FN/c1-13-5-4-6-14(2)18(13)12-20-10-9-16-7-8-17(19)11-15(16)3/h4-8,11,20H,9-10,12H2,1-3H3. The fourth-order valence-electron chi connectivity index (χ4n) is 2.50. The maximum atomic E-state index is 13.0. The summed E-state index contributed by atoms with van der Waals surface area (Å²) < 4.78 is 13.0. The van der Waals surface area contributed by atoms with Crippen LogP contribution in [0.25, 0.3) is 0 Å². The van der Waals surface area contributed by atoms with Gasteiger partial charge in [0.1, 0.15) is 5.82 Å². The fraction of sp³-hybridized carbons (Fsp3) is 0.333. The number of nitrogens with one attached hydrogen (secondary N) is 1. The Balaban J connectivity index is 1.88. The zero-order chi connectivity index (χ0) is 14.5. The van der Waals surface area contributed by atoms with Gasteiger partial charge in [0.2, 0.25) is 0 Å². The average molecular weight is 271 g/mol. The summed E-state index contributed by atoms with van der Waals surface area (Å²) in [5.41, 5.74) is 6.27. The van der Waals surface area contributed by atoms with Crippen LogP contribution in [0.2, 0.25) is 0 Å². The van der Waals surface area contributed by atoms with Crippen LogP contribution in [0.15, 0.2) is 36.4 Å². The molecule has 1 nitrogen and oxygen atoms in total. The molecule has 0 aliphatic heterocycles. The summed E-state index contributed by atoms with van der Waals surface area (Å²) in [6.45, 7) is 8.05. The van der Waals surface area contributed by atoms with Gasteiger partial charge in [-0.1, -0.05) is 24.3 Å². The van der Waals surface area contributed by atoms with E-state index in [2.05, 4.69) is 37.4 Å². The maximum absolute atomic E-state index is 13.0. The highest BCUT2D eigenvalue weighted by atomic mass is 19.1. The highest BCUT2D eigenvalue weighted by molar-refractivity contribution is 5.33. The summed E-state index contributed by atoms with van der Waals surface area (Å²) in [7, 11) is 0. The summed E-state index contributed by atoms with van der Waals surface area (Å²) in [6, 6.07) is 11.4. The molecule has 0 saturated carbocycles. The van der Waals surface area contributed by atoms with Gasteiger partial charge in [0.15, 0.2) is 0 Å². The van der Waals surface area contributed by atoms with Crippen molar-refractivity contribution in [1.29, 1.82) is 0 Å². The molecular formula is C18H22FN. The molecule has 0 bridgehead atoms. The van der Waals surface area contributed by atoms with Crippen molar-refractivity contribution in [2.75, 3.05) is 6.54 Å². The van der Waals surface area contributed by atoms with Crippen LogP contribution >= 0.6 is 0 Å². The smallest absolute Gasteiger partial charge is 0.123 e. The van der Waals surface area contributed by atoms with Gasteiger partial charge >= 0.3 is 0 Å². The first-order chi connectivity index (χ1) is 9.58. The molecule has 20 heavy (non-hydrogen) atoms. The van der Waals surface area contributed by atoms with Gasteiger partial charge < -0.3 is 5.32 Å². The molecule has 0 unspecified atom stereocenters. The van der Waals surface area contributed by atoms with E-state index in [0.29, 0.717) is 0 Å². The van der Waals surface area contributed by atoms with Gasteiger partial charge in [-0.15, -0.1) is 0 Å². The van der Waals surface area contributed by atoms with E-state index in [1.54, 1.807) is 6.07 Å². The Hall–Kier alpha value is -1.67. The molecular weight excluding hydrogens is 249 g/mol. The second-order valence-corrected chi connectivity index (χ2v) is 5.37. The van der Waals surface area contributed by atoms with Crippen LogP contribution in [0, 0.1) is 26.6 Å². The summed E-state index contributed by atoms with van der Waals surface area (Å²) in [5.74, 6) is -0.158. The van der Waals surface area contributed by atoms with Gasteiger partial charge in [0.25, 0.3) is 0 Å². The lowest BCUT2D eigenvalue weighted by atomic mass is 10.0. The van der Waals surface area contributed by atoms with Crippen LogP contribution in [0.3, 0.4) is 0 Å². The van der Waals surface area contributed by atoms with Crippen molar-refractivity contribution in [3.63, 3.8) is 0 Å². The molecule has 106 valence electrons. The minimum absolute atomic E-state index is 0.158. The minimum atomic E-state index is -0.158. The molecule has 2 aromatic carbocycles. The third-order valence-corrected chi connectivity index (χ3v) is 3.82. The van der Waals surface area contributed by atoms with Crippen molar-refractivity contribution >= 4 is 0 Å². The molecule has 0 aliphatic rings. The van der Waals surface area contributed by atoms with Gasteiger partial charge in [0, 0.05) is 6.54 Å². The lowest BCUT2D eigenvalue weighted by Crippen LogP contribution is -2.18. The van der Waals surface area contributed by atoms with E-state index < -0.39 is 0 Å². The van der Waals surface area contributed by atoms with Crippen molar-refractivity contribution < 1.29 is 4.39 Å². The maximum Gasteiger partial charge on any atom is 0.123 e. The van der Waals surface area contributed by atoms with Crippen LogP contribution in [-0.2, 0) is 13.0 Å². The molecule has 1 N–H and O–H groups in total. The number of rotatable bonds is 5. The van der Waals surface area contributed by atoms with Crippen LogP contribution in [-0.4, -0.2) is 6.54 Å². The number of aryl methyl sites for hydroxylation is 3. The largest absolute Gasteiger partial charge is 0.312 e.